The SMILES string of the molecule is COCCOCCCOC(=O)CC(CN)CC(C)C. The monoisotopic (exact) mass is 275 g/mol. The first-order valence-corrected chi connectivity index (χ1v) is 7.02. The zero-order valence-electron chi connectivity index (χ0n) is 12.5. The van der Waals surface area contributed by atoms with Crippen LogP contribution < -0.4 is 5.73 Å². The molecule has 0 aromatic heterocycles. The van der Waals surface area contributed by atoms with Crippen LogP contribution in [-0.2, 0) is 19.0 Å². The zero-order valence-corrected chi connectivity index (χ0v) is 12.5. The fourth-order valence-electron chi connectivity index (χ4n) is 1.82. The lowest BCUT2D eigenvalue weighted by Crippen LogP contribution is -2.21. The highest BCUT2D eigenvalue weighted by atomic mass is 16.5. The normalized spacial score (nSPS) is 12.7. The number of nitrogens with two attached hydrogens (primary N) is 1. The maximum absolute atomic E-state index is 11.6. The summed E-state index contributed by atoms with van der Waals surface area (Å²) in [7, 11) is 1.64. The van der Waals surface area contributed by atoms with Crippen LogP contribution in [0.1, 0.15) is 33.1 Å². The van der Waals surface area contributed by atoms with Gasteiger partial charge in [-0.05, 0) is 24.8 Å². The highest BCUT2D eigenvalue weighted by molar-refractivity contribution is 5.69. The van der Waals surface area contributed by atoms with E-state index in [1.165, 1.54) is 0 Å². The fraction of sp³-hybridized carbons (Fsp3) is 0.929. The second-order valence-corrected chi connectivity index (χ2v) is 5.11. The van der Waals surface area contributed by atoms with Gasteiger partial charge in [-0.3, -0.25) is 4.79 Å². The molecule has 0 rings (SSSR count). The van der Waals surface area contributed by atoms with E-state index < -0.39 is 0 Å². The van der Waals surface area contributed by atoms with E-state index >= 15 is 0 Å². The molecular formula is C14H29NO4. The van der Waals surface area contributed by atoms with Crippen LogP contribution in [0.4, 0.5) is 0 Å². The molecule has 19 heavy (non-hydrogen) atoms. The first kappa shape index (κ1) is 18.4. The van der Waals surface area contributed by atoms with Crippen molar-refractivity contribution in [2.24, 2.45) is 17.6 Å². The molecule has 1 atom stereocenters. The van der Waals surface area contributed by atoms with Gasteiger partial charge in [0.1, 0.15) is 0 Å². The molecule has 0 amide bonds. The third-order valence-corrected chi connectivity index (χ3v) is 2.72. The van der Waals surface area contributed by atoms with Crippen molar-refractivity contribution < 1.29 is 19.0 Å². The molecule has 2 N–H and O–H groups in total. The predicted octanol–water partition coefficient (Wildman–Crippen LogP) is 1.59. The Hall–Kier alpha value is -0.650. The number of hydrogen-bond acceptors (Lipinski definition) is 5. The number of rotatable bonds is 12. The molecule has 5 nitrogen and oxygen atoms in total. The van der Waals surface area contributed by atoms with Gasteiger partial charge in [-0.1, -0.05) is 13.8 Å². The summed E-state index contributed by atoms with van der Waals surface area (Å²) >= 11 is 0. The summed E-state index contributed by atoms with van der Waals surface area (Å²) in [4.78, 5) is 11.6. The largest absolute Gasteiger partial charge is 0.466 e. The Kier molecular flexibility index (Phi) is 12.0. The van der Waals surface area contributed by atoms with E-state index in [9.17, 15) is 4.79 Å². The average molecular weight is 275 g/mol. The molecule has 0 aliphatic rings. The maximum atomic E-state index is 11.6. The van der Waals surface area contributed by atoms with Gasteiger partial charge in [0.2, 0.25) is 0 Å². The first-order valence-electron chi connectivity index (χ1n) is 7.02. The topological polar surface area (TPSA) is 70.8 Å². The average Bonchev–Trinajstić information content (AvgIpc) is 2.36. The Bertz CT molecular complexity index is 221. The summed E-state index contributed by atoms with van der Waals surface area (Å²) < 4.78 is 15.3. The minimum Gasteiger partial charge on any atom is -0.466 e. The van der Waals surface area contributed by atoms with Crippen molar-refractivity contribution in [2.75, 3.05) is 40.1 Å². The van der Waals surface area contributed by atoms with Crippen molar-refractivity contribution in [2.45, 2.75) is 33.1 Å². The molecule has 0 aromatic carbocycles. The molecule has 0 aromatic rings. The summed E-state index contributed by atoms with van der Waals surface area (Å²) in [5, 5.41) is 0. The zero-order chi connectivity index (χ0) is 14.5. The quantitative estimate of drug-likeness (QED) is 0.432. The van der Waals surface area contributed by atoms with E-state index in [1.807, 2.05) is 0 Å². The van der Waals surface area contributed by atoms with E-state index in [-0.39, 0.29) is 11.9 Å². The Labute approximate surface area is 116 Å². The van der Waals surface area contributed by atoms with Crippen molar-refractivity contribution in [1.82, 2.24) is 0 Å². The number of hydrogen-bond donors (Lipinski definition) is 1. The van der Waals surface area contributed by atoms with Crippen LogP contribution in [0.15, 0.2) is 0 Å². The highest BCUT2D eigenvalue weighted by Gasteiger charge is 2.14. The van der Waals surface area contributed by atoms with Gasteiger partial charge in [-0.2, -0.15) is 0 Å². The molecule has 0 radical (unpaired) electrons. The lowest BCUT2D eigenvalue weighted by Gasteiger charge is -2.16. The maximum Gasteiger partial charge on any atom is 0.306 e. The van der Waals surface area contributed by atoms with Crippen LogP contribution in [0.3, 0.4) is 0 Å². The van der Waals surface area contributed by atoms with Gasteiger partial charge in [0.05, 0.1) is 19.8 Å². The second-order valence-electron chi connectivity index (χ2n) is 5.11. The van der Waals surface area contributed by atoms with Gasteiger partial charge in [-0.15, -0.1) is 0 Å². The summed E-state index contributed by atoms with van der Waals surface area (Å²) in [6.45, 7) is 6.96. The van der Waals surface area contributed by atoms with Gasteiger partial charge in [-0.25, -0.2) is 0 Å². The van der Waals surface area contributed by atoms with Gasteiger partial charge < -0.3 is 19.9 Å². The van der Waals surface area contributed by atoms with Gasteiger partial charge in [0.25, 0.3) is 0 Å². The van der Waals surface area contributed by atoms with E-state index in [0.29, 0.717) is 51.7 Å². The minimum absolute atomic E-state index is 0.159. The molecule has 0 saturated carbocycles. The number of ether oxygens (including phenoxy) is 3. The molecule has 0 bridgehead atoms. The van der Waals surface area contributed by atoms with Crippen LogP contribution in [0.5, 0.6) is 0 Å². The van der Waals surface area contributed by atoms with Crippen molar-refractivity contribution >= 4 is 5.97 Å². The Morgan fingerprint density at radius 1 is 1.16 bits per heavy atom. The number of methoxy groups -OCH3 is 1. The van der Waals surface area contributed by atoms with Gasteiger partial charge >= 0.3 is 5.97 Å². The van der Waals surface area contributed by atoms with E-state index in [2.05, 4.69) is 13.8 Å². The molecule has 1 unspecified atom stereocenters. The van der Waals surface area contributed by atoms with Crippen molar-refractivity contribution in [3.8, 4) is 0 Å². The number of carbonyl (C=O) groups is 1. The standard InChI is InChI=1S/C14H29NO4/c1-12(2)9-13(11-15)10-14(16)19-6-4-5-18-8-7-17-3/h12-13H,4-11,15H2,1-3H3. The van der Waals surface area contributed by atoms with Gasteiger partial charge in [0.15, 0.2) is 0 Å². The summed E-state index contributed by atoms with van der Waals surface area (Å²) in [6.07, 6.45) is 2.10. The molecular weight excluding hydrogens is 246 g/mol. The Morgan fingerprint density at radius 2 is 1.89 bits per heavy atom. The predicted molar refractivity (Wildman–Crippen MR) is 74.9 cm³/mol. The molecule has 0 aliphatic carbocycles. The summed E-state index contributed by atoms with van der Waals surface area (Å²) in [5.74, 6) is 0.619. The van der Waals surface area contributed by atoms with E-state index in [0.717, 1.165) is 6.42 Å². The second kappa shape index (κ2) is 12.4. The molecule has 0 heterocycles. The van der Waals surface area contributed by atoms with Crippen LogP contribution >= 0.6 is 0 Å². The van der Waals surface area contributed by atoms with Crippen molar-refractivity contribution in [3.05, 3.63) is 0 Å². The fourth-order valence-corrected chi connectivity index (χ4v) is 1.82. The lowest BCUT2D eigenvalue weighted by atomic mass is 9.94. The van der Waals surface area contributed by atoms with Crippen LogP contribution in [0.2, 0.25) is 0 Å². The number of carbonyl (C=O) groups excluding carboxylic acids is 1. The number of esters is 1. The third kappa shape index (κ3) is 12.1. The van der Waals surface area contributed by atoms with E-state index in [1.54, 1.807) is 7.11 Å². The molecule has 5 heteroatoms. The van der Waals surface area contributed by atoms with Gasteiger partial charge in [0, 0.05) is 26.6 Å². The third-order valence-electron chi connectivity index (χ3n) is 2.72. The lowest BCUT2D eigenvalue weighted by molar-refractivity contribution is -0.145. The molecule has 0 fully saturated rings. The Balaban J connectivity index is 3.52. The van der Waals surface area contributed by atoms with Crippen molar-refractivity contribution in [3.63, 3.8) is 0 Å². The minimum atomic E-state index is -0.159. The summed E-state index contributed by atoms with van der Waals surface area (Å²) in [5.41, 5.74) is 5.65. The van der Waals surface area contributed by atoms with E-state index in [4.69, 9.17) is 19.9 Å². The molecule has 0 aliphatic heterocycles. The highest BCUT2D eigenvalue weighted by Crippen LogP contribution is 2.14. The van der Waals surface area contributed by atoms with Crippen molar-refractivity contribution in [1.29, 1.82) is 0 Å². The summed E-state index contributed by atoms with van der Waals surface area (Å²) in [6, 6.07) is 0. The molecule has 114 valence electrons. The first-order chi connectivity index (χ1) is 9.10. The molecule has 0 saturated heterocycles. The smallest absolute Gasteiger partial charge is 0.306 e. The Morgan fingerprint density at radius 3 is 2.47 bits per heavy atom. The van der Waals surface area contributed by atoms with Crippen LogP contribution in [-0.4, -0.2) is 46.1 Å². The molecule has 0 spiro atoms. The van der Waals surface area contributed by atoms with Crippen LogP contribution in [0.25, 0.3) is 0 Å². The van der Waals surface area contributed by atoms with Crippen LogP contribution in [0, 0.1) is 11.8 Å².